The van der Waals surface area contributed by atoms with Crippen LogP contribution in [0.15, 0.2) is 42.6 Å². The Morgan fingerprint density at radius 2 is 1.80 bits per heavy atom. The van der Waals surface area contributed by atoms with E-state index in [1.807, 2.05) is 0 Å². The molecule has 10 nitrogen and oxygen atoms in total. The second kappa shape index (κ2) is 9.04. The number of hydrogen-bond acceptors (Lipinski definition) is 8. The van der Waals surface area contributed by atoms with Gasteiger partial charge in [-0.2, -0.15) is 18.3 Å². The molecule has 0 atom stereocenters. The molecule has 1 amide bonds. The van der Waals surface area contributed by atoms with Gasteiger partial charge in [-0.25, -0.2) is 28.8 Å². The Kier molecular flexibility index (Phi) is 6.11. The van der Waals surface area contributed by atoms with E-state index in [4.69, 9.17) is 11.5 Å². The second-order valence-corrected chi connectivity index (χ2v) is 7.31. The number of anilines is 3. The van der Waals surface area contributed by atoms with Gasteiger partial charge >= 0.3 is 12.3 Å². The Morgan fingerprint density at radius 1 is 1.11 bits per heavy atom. The van der Waals surface area contributed by atoms with Crippen LogP contribution in [0.4, 0.5) is 39.7 Å². The first-order valence-corrected chi connectivity index (χ1v) is 9.99. The molecule has 0 unspecified atom stereocenters. The summed E-state index contributed by atoms with van der Waals surface area (Å²) >= 11 is 0. The van der Waals surface area contributed by atoms with Gasteiger partial charge < -0.3 is 16.2 Å². The Hall–Kier alpha value is -4.49. The zero-order valence-electron chi connectivity index (χ0n) is 18.1. The molecule has 0 saturated heterocycles. The molecule has 4 N–H and O–H groups in total. The number of hydrogen-bond donors (Lipinski definition) is 2. The molecule has 14 heteroatoms. The first-order valence-electron chi connectivity index (χ1n) is 9.99. The van der Waals surface area contributed by atoms with Gasteiger partial charge in [-0.05, 0) is 18.2 Å². The summed E-state index contributed by atoms with van der Waals surface area (Å²) in [4.78, 5) is 24.6. The number of methoxy groups -OCH3 is 1. The van der Waals surface area contributed by atoms with E-state index in [9.17, 15) is 22.4 Å². The van der Waals surface area contributed by atoms with Gasteiger partial charge in [0.05, 0.1) is 19.0 Å². The third-order valence-corrected chi connectivity index (χ3v) is 4.94. The smallest absolute Gasteiger partial charge is 0.414 e. The number of carbonyl (C=O) groups is 1. The molecule has 0 radical (unpaired) electrons. The minimum Gasteiger partial charge on any atom is -0.452 e. The van der Waals surface area contributed by atoms with Crippen LogP contribution >= 0.6 is 0 Å². The molecule has 4 rings (SSSR count). The van der Waals surface area contributed by atoms with E-state index in [-0.39, 0.29) is 23.0 Å². The summed E-state index contributed by atoms with van der Waals surface area (Å²) in [6.07, 6.45) is -4.61. The normalized spacial score (nSPS) is 11.6. The first kappa shape index (κ1) is 23.7. The number of pyridine rings is 1. The van der Waals surface area contributed by atoms with Crippen molar-refractivity contribution in [3.8, 4) is 11.5 Å². The average Bonchev–Trinajstić information content (AvgIpc) is 3.16. The maximum atomic E-state index is 14.2. The van der Waals surface area contributed by atoms with Crippen molar-refractivity contribution < 1.29 is 27.1 Å². The third-order valence-electron chi connectivity index (χ3n) is 4.94. The van der Waals surface area contributed by atoms with E-state index in [0.29, 0.717) is 16.6 Å². The predicted molar refractivity (Wildman–Crippen MR) is 119 cm³/mol. The molecule has 182 valence electrons. The van der Waals surface area contributed by atoms with Crippen molar-refractivity contribution in [1.29, 1.82) is 0 Å². The molecule has 0 aliphatic carbocycles. The highest BCUT2D eigenvalue weighted by Crippen LogP contribution is 2.34. The largest absolute Gasteiger partial charge is 0.452 e. The molecule has 0 spiro atoms. The Labute approximate surface area is 195 Å². The van der Waals surface area contributed by atoms with Gasteiger partial charge in [0, 0.05) is 11.8 Å². The molecule has 0 aliphatic rings. The summed E-state index contributed by atoms with van der Waals surface area (Å²) in [6.45, 7) is -1.69. The van der Waals surface area contributed by atoms with Crippen LogP contribution < -0.4 is 16.4 Å². The fourth-order valence-corrected chi connectivity index (χ4v) is 3.47. The molecule has 1 aromatic carbocycles. The number of nitrogen functional groups attached to an aromatic ring is 2. The summed E-state index contributed by atoms with van der Waals surface area (Å²) in [5, 5.41) is 4.90. The number of amides is 1. The lowest BCUT2D eigenvalue weighted by atomic mass is 10.2. The molecule has 0 saturated carbocycles. The lowest BCUT2D eigenvalue weighted by molar-refractivity contribution is -0.119. The Morgan fingerprint density at radius 3 is 2.43 bits per heavy atom. The van der Waals surface area contributed by atoms with Crippen LogP contribution in [-0.2, 0) is 11.3 Å². The minimum absolute atomic E-state index is 0.0327. The molecule has 4 aromatic rings. The molecule has 0 fully saturated rings. The topological polar surface area (TPSA) is 138 Å². The van der Waals surface area contributed by atoms with Crippen molar-refractivity contribution in [2.45, 2.75) is 12.7 Å². The molecular weight excluding hydrogens is 472 g/mol. The summed E-state index contributed by atoms with van der Waals surface area (Å²) in [6, 6.07) is 9.43. The van der Waals surface area contributed by atoms with Crippen molar-refractivity contribution in [2.24, 2.45) is 0 Å². The van der Waals surface area contributed by atoms with E-state index < -0.39 is 42.0 Å². The van der Waals surface area contributed by atoms with Crippen molar-refractivity contribution in [2.75, 3.05) is 30.0 Å². The highest BCUT2D eigenvalue weighted by Gasteiger charge is 2.37. The zero-order valence-corrected chi connectivity index (χ0v) is 18.1. The third kappa shape index (κ3) is 4.76. The average molecular weight is 490 g/mol. The predicted octanol–water partition coefficient (Wildman–Crippen LogP) is 3.38. The van der Waals surface area contributed by atoms with E-state index >= 15 is 0 Å². The van der Waals surface area contributed by atoms with Gasteiger partial charge in [0.1, 0.15) is 23.7 Å². The molecule has 0 aliphatic heterocycles. The van der Waals surface area contributed by atoms with Crippen molar-refractivity contribution in [1.82, 2.24) is 24.7 Å². The number of alkyl halides is 3. The van der Waals surface area contributed by atoms with Gasteiger partial charge in [0.2, 0.25) is 0 Å². The van der Waals surface area contributed by atoms with Gasteiger partial charge in [-0.1, -0.05) is 18.2 Å². The van der Waals surface area contributed by atoms with Gasteiger partial charge in [-0.3, -0.25) is 4.90 Å². The van der Waals surface area contributed by atoms with E-state index in [0.717, 1.165) is 7.11 Å². The number of fused-ring (bicyclic) bond motifs is 1. The van der Waals surface area contributed by atoms with Crippen LogP contribution in [0.5, 0.6) is 0 Å². The standard InChI is InChI=1S/C21H18F4N8O2/c1-35-20(34)32(10-21(23,24)25)15-16(26)29-18(30-17(15)27)14-12-6-4-8-28-19(12)33(31-14)9-11-5-2-3-7-13(11)22/h2-8H,9-10H2,1H3,(H4,26,27,29,30). The molecule has 3 heterocycles. The number of benzene rings is 1. The molecule has 0 bridgehead atoms. The fraction of sp³-hybridized carbons (Fsp3) is 0.190. The SMILES string of the molecule is COC(=O)N(CC(F)(F)F)c1c(N)nc(-c2nn(Cc3ccccc3F)c3ncccc23)nc1N. The first-order chi connectivity index (χ1) is 16.6. The maximum Gasteiger partial charge on any atom is 0.414 e. The zero-order chi connectivity index (χ0) is 25.3. The lowest BCUT2D eigenvalue weighted by Crippen LogP contribution is -2.40. The fourth-order valence-electron chi connectivity index (χ4n) is 3.47. The van der Waals surface area contributed by atoms with Gasteiger partial charge in [0.25, 0.3) is 0 Å². The minimum atomic E-state index is -4.78. The number of halogens is 4. The van der Waals surface area contributed by atoms with Crippen molar-refractivity contribution >= 4 is 34.4 Å². The van der Waals surface area contributed by atoms with Crippen LogP contribution in [0.2, 0.25) is 0 Å². The Balaban J connectivity index is 1.81. The van der Waals surface area contributed by atoms with Crippen LogP contribution in [-0.4, -0.2) is 50.7 Å². The van der Waals surface area contributed by atoms with Crippen LogP contribution in [0, 0.1) is 5.82 Å². The highest BCUT2D eigenvalue weighted by molar-refractivity contribution is 5.96. The number of aromatic nitrogens is 5. The summed E-state index contributed by atoms with van der Waals surface area (Å²) in [5.74, 6) is -1.55. The molecule has 3 aromatic heterocycles. The summed E-state index contributed by atoms with van der Waals surface area (Å²) < 4.78 is 59.2. The quantitative estimate of drug-likeness (QED) is 0.406. The van der Waals surface area contributed by atoms with Crippen LogP contribution in [0.1, 0.15) is 5.56 Å². The monoisotopic (exact) mass is 490 g/mol. The van der Waals surface area contributed by atoms with Crippen molar-refractivity contribution in [3.05, 3.63) is 54.0 Å². The van der Waals surface area contributed by atoms with E-state index in [1.165, 1.54) is 16.9 Å². The molecular formula is C21H18F4N8O2. The van der Waals surface area contributed by atoms with Crippen LogP contribution in [0.25, 0.3) is 22.6 Å². The number of ether oxygens (including phenoxy) is 1. The second-order valence-electron chi connectivity index (χ2n) is 7.31. The summed E-state index contributed by atoms with van der Waals surface area (Å²) in [7, 11) is 0.911. The molecule has 35 heavy (non-hydrogen) atoms. The number of nitrogens with zero attached hydrogens (tertiary/aromatic N) is 6. The number of carbonyl (C=O) groups excluding carboxylic acids is 1. The van der Waals surface area contributed by atoms with Crippen molar-refractivity contribution in [3.63, 3.8) is 0 Å². The Bertz CT molecular complexity index is 1380. The van der Waals surface area contributed by atoms with E-state index in [2.05, 4.69) is 24.8 Å². The lowest BCUT2D eigenvalue weighted by Gasteiger charge is -2.24. The van der Waals surface area contributed by atoms with Crippen LogP contribution in [0.3, 0.4) is 0 Å². The number of nitrogens with two attached hydrogens (primary N) is 2. The van der Waals surface area contributed by atoms with Gasteiger partial charge in [0.15, 0.2) is 23.1 Å². The maximum absolute atomic E-state index is 14.2. The highest BCUT2D eigenvalue weighted by atomic mass is 19.4. The van der Waals surface area contributed by atoms with Gasteiger partial charge in [-0.15, -0.1) is 0 Å². The number of rotatable bonds is 5. The summed E-state index contributed by atoms with van der Waals surface area (Å²) in [5.41, 5.74) is 12.2. The van der Waals surface area contributed by atoms with E-state index in [1.54, 1.807) is 30.3 Å².